The number of anilines is 3. The summed E-state index contributed by atoms with van der Waals surface area (Å²) in [6.07, 6.45) is 3.20. The Hall–Kier alpha value is -3.72. The van der Waals surface area contributed by atoms with Crippen LogP contribution in [0, 0.1) is 6.92 Å². The number of nitrogens with zero attached hydrogens (tertiary/aromatic N) is 5. The molecule has 4 aromatic rings. The van der Waals surface area contributed by atoms with E-state index in [-0.39, 0.29) is 5.56 Å². The van der Waals surface area contributed by atoms with E-state index in [4.69, 9.17) is 0 Å². The molecule has 9 heteroatoms. The third-order valence-electron chi connectivity index (χ3n) is 5.23. The van der Waals surface area contributed by atoms with E-state index in [0.29, 0.717) is 22.8 Å². The molecule has 0 saturated carbocycles. The van der Waals surface area contributed by atoms with E-state index >= 15 is 0 Å². The number of hydrogen-bond donors (Lipinski definition) is 3. The average molecular weight is 402 g/mol. The van der Waals surface area contributed by atoms with Crippen LogP contribution in [-0.2, 0) is 0 Å². The summed E-state index contributed by atoms with van der Waals surface area (Å²) in [5.41, 5.74) is 3.56. The topological polar surface area (TPSA) is 104 Å². The number of piperazine rings is 1. The number of aryl methyl sites for hydroxylation is 1. The monoisotopic (exact) mass is 402 g/mol. The maximum Gasteiger partial charge on any atom is 0.275 e. The first-order chi connectivity index (χ1) is 14.7. The normalized spacial score (nSPS) is 14.2. The highest BCUT2D eigenvalue weighted by Gasteiger charge is 2.14. The zero-order valence-electron chi connectivity index (χ0n) is 16.6. The van der Waals surface area contributed by atoms with E-state index in [9.17, 15) is 4.79 Å². The number of rotatable bonds is 4. The van der Waals surface area contributed by atoms with Crippen molar-refractivity contribution in [3.63, 3.8) is 0 Å². The second-order valence-corrected chi connectivity index (χ2v) is 7.26. The number of pyridine rings is 1. The first-order valence-corrected chi connectivity index (χ1v) is 9.91. The second kappa shape index (κ2) is 7.60. The minimum atomic E-state index is -0.251. The molecule has 3 N–H and O–H groups in total. The van der Waals surface area contributed by atoms with Gasteiger partial charge in [-0.1, -0.05) is 6.07 Å². The summed E-state index contributed by atoms with van der Waals surface area (Å²) in [4.78, 5) is 27.8. The molecule has 1 aliphatic rings. The van der Waals surface area contributed by atoms with Crippen LogP contribution in [0.3, 0.4) is 0 Å². The van der Waals surface area contributed by atoms with Crippen LogP contribution in [-0.4, -0.2) is 50.9 Å². The number of nitrogens with one attached hydrogen (secondary N) is 3. The minimum Gasteiger partial charge on any atom is -0.369 e. The van der Waals surface area contributed by atoms with Gasteiger partial charge in [0.25, 0.3) is 5.56 Å². The van der Waals surface area contributed by atoms with Gasteiger partial charge in [-0.25, -0.2) is 14.6 Å². The zero-order chi connectivity index (χ0) is 20.5. The van der Waals surface area contributed by atoms with E-state index in [1.807, 2.05) is 24.3 Å². The summed E-state index contributed by atoms with van der Waals surface area (Å²) in [5.74, 6) is 1.01. The van der Waals surface area contributed by atoms with Gasteiger partial charge in [-0.15, -0.1) is 0 Å². The van der Waals surface area contributed by atoms with Gasteiger partial charge in [0.15, 0.2) is 11.5 Å². The van der Waals surface area contributed by atoms with Crippen molar-refractivity contribution in [2.45, 2.75) is 6.92 Å². The van der Waals surface area contributed by atoms with E-state index in [2.05, 4.69) is 54.6 Å². The Balaban J connectivity index is 1.46. The van der Waals surface area contributed by atoms with Gasteiger partial charge in [0, 0.05) is 49.9 Å². The lowest BCUT2D eigenvalue weighted by molar-refractivity contribution is 0.588. The Morgan fingerprint density at radius 1 is 1.10 bits per heavy atom. The SMILES string of the molecule is Cc1cc(Nc2ncc3c(=O)[nH]n(-c4ccccn4)c3n2)ccc1N1CCNCC1. The molecular formula is C21H22N8O. The van der Waals surface area contributed by atoms with Crippen molar-refractivity contribution in [3.8, 4) is 5.82 Å². The molecule has 0 atom stereocenters. The molecule has 9 nitrogen and oxygen atoms in total. The number of aromatic amines is 1. The molecule has 0 aliphatic carbocycles. The van der Waals surface area contributed by atoms with Crippen molar-refractivity contribution in [1.82, 2.24) is 30.0 Å². The molecule has 152 valence electrons. The minimum absolute atomic E-state index is 0.251. The molecule has 30 heavy (non-hydrogen) atoms. The largest absolute Gasteiger partial charge is 0.369 e. The van der Waals surface area contributed by atoms with Gasteiger partial charge in [-0.2, -0.15) is 4.98 Å². The molecule has 1 aromatic carbocycles. The average Bonchev–Trinajstić information content (AvgIpc) is 3.11. The van der Waals surface area contributed by atoms with Gasteiger partial charge >= 0.3 is 0 Å². The van der Waals surface area contributed by atoms with Crippen LogP contribution in [0.4, 0.5) is 17.3 Å². The standard InChI is InChI=1S/C21H22N8O/c1-14-12-15(5-6-17(14)28-10-8-22-9-11-28)25-21-24-13-16-19(26-21)29(27-20(16)30)18-4-2-3-7-23-18/h2-7,12-13,22H,8-11H2,1H3,(H,27,30)(H,24,25,26). The molecule has 0 amide bonds. The van der Waals surface area contributed by atoms with Crippen LogP contribution in [0.25, 0.3) is 16.9 Å². The Bertz CT molecular complexity index is 1240. The molecule has 5 rings (SSSR count). The maximum absolute atomic E-state index is 12.3. The number of H-pyrrole nitrogens is 1. The molecule has 1 saturated heterocycles. The third kappa shape index (κ3) is 3.39. The molecule has 0 spiro atoms. The summed E-state index contributed by atoms with van der Waals surface area (Å²) in [6, 6.07) is 11.7. The lowest BCUT2D eigenvalue weighted by Crippen LogP contribution is -2.43. The molecular weight excluding hydrogens is 380 g/mol. The molecule has 0 unspecified atom stereocenters. The number of fused-ring (bicyclic) bond motifs is 1. The smallest absolute Gasteiger partial charge is 0.275 e. The quantitative estimate of drug-likeness (QED) is 0.479. The van der Waals surface area contributed by atoms with Gasteiger partial charge in [0.2, 0.25) is 5.95 Å². The van der Waals surface area contributed by atoms with Crippen molar-refractivity contribution >= 4 is 28.4 Å². The Morgan fingerprint density at radius 2 is 1.97 bits per heavy atom. The highest BCUT2D eigenvalue weighted by molar-refractivity contribution is 5.76. The number of benzene rings is 1. The Kier molecular flexibility index (Phi) is 4.64. The van der Waals surface area contributed by atoms with Crippen LogP contribution in [0.15, 0.2) is 53.6 Å². The summed E-state index contributed by atoms with van der Waals surface area (Å²) in [6.45, 7) is 6.12. The lowest BCUT2D eigenvalue weighted by atomic mass is 10.1. The molecule has 1 aliphatic heterocycles. The van der Waals surface area contributed by atoms with Gasteiger partial charge < -0.3 is 15.5 Å². The fourth-order valence-corrected chi connectivity index (χ4v) is 3.75. The van der Waals surface area contributed by atoms with Crippen molar-refractivity contribution in [1.29, 1.82) is 0 Å². The fraction of sp³-hybridized carbons (Fsp3) is 0.238. The second-order valence-electron chi connectivity index (χ2n) is 7.26. The Morgan fingerprint density at radius 3 is 2.73 bits per heavy atom. The Labute approximate surface area is 172 Å². The predicted octanol–water partition coefficient (Wildman–Crippen LogP) is 1.97. The fourth-order valence-electron chi connectivity index (χ4n) is 3.75. The lowest BCUT2D eigenvalue weighted by Gasteiger charge is -2.30. The third-order valence-corrected chi connectivity index (χ3v) is 5.23. The maximum atomic E-state index is 12.3. The molecule has 0 radical (unpaired) electrons. The van der Waals surface area contributed by atoms with Crippen LogP contribution >= 0.6 is 0 Å². The van der Waals surface area contributed by atoms with Crippen LogP contribution in [0.2, 0.25) is 0 Å². The summed E-state index contributed by atoms with van der Waals surface area (Å²) in [7, 11) is 0. The molecule has 1 fully saturated rings. The first-order valence-electron chi connectivity index (χ1n) is 9.91. The van der Waals surface area contributed by atoms with Crippen LogP contribution in [0.5, 0.6) is 0 Å². The molecule has 0 bridgehead atoms. The van der Waals surface area contributed by atoms with E-state index in [1.54, 1.807) is 10.9 Å². The van der Waals surface area contributed by atoms with Crippen molar-refractivity contribution in [2.75, 3.05) is 36.4 Å². The van der Waals surface area contributed by atoms with Crippen molar-refractivity contribution < 1.29 is 0 Å². The zero-order valence-corrected chi connectivity index (χ0v) is 16.6. The van der Waals surface area contributed by atoms with Crippen molar-refractivity contribution in [3.05, 3.63) is 64.7 Å². The van der Waals surface area contributed by atoms with Crippen LogP contribution in [0.1, 0.15) is 5.56 Å². The van der Waals surface area contributed by atoms with E-state index in [1.165, 1.54) is 17.4 Å². The van der Waals surface area contributed by atoms with Gasteiger partial charge in [-0.3, -0.25) is 9.89 Å². The molecule has 4 heterocycles. The van der Waals surface area contributed by atoms with Crippen molar-refractivity contribution in [2.24, 2.45) is 0 Å². The number of hydrogen-bond acceptors (Lipinski definition) is 7. The summed E-state index contributed by atoms with van der Waals surface area (Å²) in [5, 5.41) is 9.82. The van der Waals surface area contributed by atoms with Gasteiger partial charge in [-0.05, 0) is 42.8 Å². The predicted molar refractivity (Wildman–Crippen MR) is 117 cm³/mol. The van der Waals surface area contributed by atoms with E-state index in [0.717, 1.165) is 31.9 Å². The summed E-state index contributed by atoms with van der Waals surface area (Å²) < 4.78 is 1.57. The van der Waals surface area contributed by atoms with Gasteiger partial charge in [0.1, 0.15) is 5.39 Å². The molecule has 3 aromatic heterocycles. The summed E-state index contributed by atoms with van der Waals surface area (Å²) >= 11 is 0. The highest BCUT2D eigenvalue weighted by atomic mass is 16.1. The number of aromatic nitrogens is 5. The van der Waals surface area contributed by atoms with Crippen LogP contribution < -0.4 is 21.1 Å². The van der Waals surface area contributed by atoms with E-state index < -0.39 is 0 Å². The highest BCUT2D eigenvalue weighted by Crippen LogP contribution is 2.25. The first kappa shape index (κ1) is 18.3. The van der Waals surface area contributed by atoms with Gasteiger partial charge in [0.05, 0.1) is 0 Å².